The Morgan fingerprint density at radius 1 is 1.05 bits per heavy atom. The van der Waals surface area contributed by atoms with E-state index in [-0.39, 0.29) is 59.6 Å². The zero-order valence-corrected chi connectivity index (χ0v) is 23.7. The fourth-order valence-electron chi connectivity index (χ4n) is 6.11. The number of unbranched alkanes of at least 4 members (excludes halogenated alkanes) is 1. The lowest BCUT2D eigenvalue weighted by molar-refractivity contribution is -0.138. The lowest BCUT2D eigenvalue weighted by Gasteiger charge is -2.31. The van der Waals surface area contributed by atoms with Gasteiger partial charge in [-0.3, -0.25) is 24.1 Å². The molecule has 0 bridgehead atoms. The molecule has 0 aromatic heterocycles. The Kier molecular flexibility index (Phi) is 10.7. The first-order chi connectivity index (χ1) is 18.8. The first-order valence-corrected chi connectivity index (χ1v) is 15.7. The molecule has 2 saturated heterocycles. The Bertz CT molecular complexity index is 933. The van der Waals surface area contributed by atoms with Gasteiger partial charge in [0.05, 0.1) is 12.1 Å². The molecule has 0 aromatic rings. The Morgan fingerprint density at radius 2 is 1.79 bits per heavy atom. The van der Waals surface area contributed by atoms with Crippen LogP contribution >= 0.6 is 11.8 Å². The summed E-state index contributed by atoms with van der Waals surface area (Å²) in [7, 11) is 0. The maximum absolute atomic E-state index is 12.8. The third-order valence-electron chi connectivity index (χ3n) is 8.53. The van der Waals surface area contributed by atoms with Gasteiger partial charge >= 0.3 is 6.03 Å². The Labute approximate surface area is 235 Å². The summed E-state index contributed by atoms with van der Waals surface area (Å²) in [6.45, 7) is 3.12. The minimum atomic E-state index is -0.238. The fourth-order valence-corrected chi connectivity index (χ4v) is 7.66. The van der Waals surface area contributed by atoms with E-state index in [9.17, 15) is 24.0 Å². The molecule has 216 valence electrons. The number of urea groups is 1. The molecule has 6 amide bonds. The zero-order chi connectivity index (χ0) is 27.8. The van der Waals surface area contributed by atoms with Crippen LogP contribution in [0.4, 0.5) is 4.79 Å². The van der Waals surface area contributed by atoms with E-state index >= 15 is 0 Å². The van der Waals surface area contributed by atoms with Gasteiger partial charge in [-0.2, -0.15) is 11.8 Å². The second kappa shape index (κ2) is 14.2. The van der Waals surface area contributed by atoms with Crippen LogP contribution in [0.5, 0.6) is 0 Å². The van der Waals surface area contributed by atoms with Crippen LogP contribution in [-0.4, -0.2) is 76.8 Å². The van der Waals surface area contributed by atoms with E-state index in [1.165, 1.54) is 17.1 Å². The molecule has 0 aromatic carbocycles. The summed E-state index contributed by atoms with van der Waals surface area (Å²) in [4.78, 5) is 61.5. The number of rotatable bonds is 14. The number of hydrogen-bond acceptors (Lipinski definition) is 6. The van der Waals surface area contributed by atoms with Gasteiger partial charge in [0.1, 0.15) is 0 Å². The normalized spacial score (nSPS) is 28.7. The van der Waals surface area contributed by atoms with Gasteiger partial charge in [0, 0.05) is 54.6 Å². The van der Waals surface area contributed by atoms with Crippen molar-refractivity contribution >= 4 is 41.4 Å². The van der Waals surface area contributed by atoms with Gasteiger partial charge in [0.15, 0.2) is 0 Å². The molecule has 4 N–H and O–H groups in total. The molecule has 11 heteroatoms. The number of nitrogens with zero attached hydrogens (tertiary/aromatic N) is 1. The zero-order valence-electron chi connectivity index (χ0n) is 22.9. The third-order valence-corrected chi connectivity index (χ3v) is 10.0. The number of nitrogens with one attached hydrogen (secondary N) is 4. The van der Waals surface area contributed by atoms with Crippen LogP contribution in [0.15, 0.2) is 12.2 Å². The number of carbonyl (C=O) groups is 5. The topological polar surface area (TPSA) is 137 Å². The smallest absolute Gasteiger partial charge is 0.315 e. The molecule has 39 heavy (non-hydrogen) atoms. The number of fused-ring (bicyclic) bond motifs is 1. The number of imide groups is 1. The van der Waals surface area contributed by atoms with Crippen LogP contribution in [0.2, 0.25) is 0 Å². The minimum Gasteiger partial charge on any atom is -0.356 e. The highest BCUT2D eigenvalue weighted by Gasteiger charge is 2.42. The first kappa shape index (κ1) is 29.4. The highest BCUT2D eigenvalue weighted by atomic mass is 32.2. The first-order valence-electron chi connectivity index (χ1n) is 14.6. The summed E-state index contributed by atoms with van der Waals surface area (Å²) in [6, 6.07) is 0.491. The molecule has 0 unspecified atom stereocenters. The summed E-state index contributed by atoms with van der Waals surface area (Å²) in [5.74, 6) is 0.887. The van der Waals surface area contributed by atoms with E-state index in [0.717, 1.165) is 70.0 Å². The van der Waals surface area contributed by atoms with Gasteiger partial charge in [-0.25, -0.2) is 4.79 Å². The van der Waals surface area contributed by atoms with Crippen molar-refractivity contribution in [1.82, 2.24) is 26.2 Å². The summed E-state index contributed by atoms with van der Waals surface area (Å²) < 4.78 is 0. The fraction of sp³-hybridized carbons (Fsp3) is 0.750. The number of thioether (sulfide) groups is 1. The second-order valence-electron chi connectivity index (χ2n) is 11.3. The van der Waals surface area contributed by atoms with Crippen molar-refractivity contribution < 1.29 is 24.0 Å². The highest BCUT2D eigenvalue weighted by molar-refractivity contribution is 8.00. The molecular weight excluding hydrogens is 518 g/mol. The van der Waals surface area contributed by atoms with Gasteiger partial charge in [-0.05, 0) is 63.7 Å². The number of hydrogen-bond donors (Lipinski definition) is 4. The molecule has 0 radical (unpaired) electrons. The molecule has 3 fully saturated rings. The largest absolute Gasteiger partial charge is 0.356 e. The average Bonchev–Trinajstić information content (AvgIpc) is 3.58. The molecule has 4 atom stereocenters. The highest BCUT2D eigenvalue weighted by Crippen LogP contribution is 2.33. The SMILES string of the molecule is CC[C@H](CCCNC(=O)CCCC[C@@H]1SC[C@@H]2NC(=O)N[C@@H]21)NC(=O)C1CCC(CN2C(=O)C=CC2=O)CC1. The molecule has 4 aliphatic rings. The van der Waals surface area contributed by atoms with E-state index in [0.29, 0.717) is 24.8 Å². The quantitative estimate of drug-likeness (QED) is 0.146. The monoisotopic (exact) mass is 561 g/mol. The third kappa shape index (κ3) is 8.22. The van der Waals surface area contributed by atoms with Crippen molar-refractivity contribution in [2.24, 2.45) is 11.8 Å². The van der Waals surface area contributed by atoms with Gasteiger partial charge in [0.25, 0.3) is 11.8 Å². The lowest BCUT2D eigenvalue weighted by atomic mass is 9.81. The van der Waals surface area contributed by atoms with E-state index in [1.54, 1.807) is 0 Å². The van der Waals surface area contributed by atoms with Crippen molar-refractivity contribution in [3.8, 4) is 0 Å². The maximum atomic E-state index is 12.8. The number of amides is 6. The van der Waals surface area contributed by atoms with Gasteiger partial charge in [-0.1, -0.05) is 13.3 Å². The van der Waals surface area contributed by atoms with Crippen molar-refractivity contribution in [1.29, 1.82) is 0 Å². The van der Waals surface area contributed by atoms with Gasteiger partial charge < -0.3 is 21.3 Å². The van der Waals surface area contributed by atoms with Crippen molar-refractivity contribution in [2.45, 2.75) is 101 Å². The van der Waals surface area contributed by atoms with Crippen LogP contribution in [0, 0.1) is 11.8 Å². The van der Waals surface area contributed by atoms with E-state index in [1.807, 2.05) is 11.8 Å². The van der Waals surface area contributed by atoms with E-state index in [2.05, 4.69) is 28.2 Å². The van der Waals surface area contributed by atoms with E-state index < -0.39 is 0 Å². The molecule has 1 saturated carbocycles. The predicted molar refractivity (Wildman–Crippen MR) is 150 cm³/mol. The van der Waals surface area contributed by atoms with Crippen LogP contribution in [0.3, 0.4) is 0 Å². The van der Waals surface area contributed by atoms with E-state index in [4.69, 9.17) is 0 Å². The molecule has 0 spiro atoms. The standard InChI is InChI=1S/C28H43N5O5S/c1-2-20(30-27(37)19-11-9-18(10-12-19)16-33-24(35)13-14-25(33)36)6-5-15-29-23(34)8-4-3-7-22-26-21(17-39-22)31-28(38)32-26/h13-14,18-22,26H,2-12,15-17H2,1H3,(H,29,34)(H,30,37)(H2,31,32,38)/t18?,19?,20-,21+,22+,26+/m1/s1. The Balaban J connectivity index is 1.03. The van der Waals surface area contributed by atoms with Crippen LogP contribution < -0.4 is 21.3 Å². The summed E-state index contributed by atoms with van der Waals surface area (Å²) in [5.41, 5.74) is 0. The van der Waals surface area contributed by atoms with Crippen LogP contribution in [-0.2, 0) is 19.2 Å². The lowest BCUT2D eigenvalue weighted by Crippen LogP contribution is -2.41. The van der Waals surface area contributed by atoms with Crippen molar-refractivity contribution in [3.05, 3.63) is 12.2 Å². The average molecular weight is 562 g/mol. The van der Waals surface area contributed by atoms with Gasteiger partial charge in [-0.15, -0.1) is 0 Å². The van der Waals surface area contributed by atoms with Crippen LogP contribution in [0.1, 0.15) is 77.6 Å². The van der Waals surface area contributed by atoms with Crippen LogP contribution in [0.25, 0.3) is 0 Å². The minimum absolute atomic E-state index is 0.0205. The van der Waals surface area contributed by atoms with Gasteiger partial charge in [0.2, 0.25) is 11.8 Å². The molecule has 3 aliphatic heterocycles. The maximum Gasteiger partial charge on any atom is 0.315 e. The molecule has 4 rings (SSSR count). The summed E-state index contributed by atoms with van der Waals surface area (Å²) >= 11 is 1.90. The molecule has 10 nitrogen and oxygen atoms in total. The van der Waals surface area contributed by atoms with Crippen molar-refractivity contribution in [2.75, 3.05) is 18.8 Å². The number of carbonyl (C=O) groups excluding carboxylic acids is 5. The molecule has 3 heterocycles. The molecular formula is C28H43N5O5S. The predicted octanol–water partition coefficient (Wildman–Crippen LogP) is 2.23. The Morgan fingerprint density at radius 3 is 2.51 bits per heavy atom. The molecule has 1 aliphatic carbocycles. The summed E-state index contributed by atoms with van der Waals surface area (Å²) in [5, 5.41) is 12.6. The second-order valence-corrected chi connectivity index (χ2v) is 12.6. The summed E-state index contributed by atoms with van der Waals surface area (Å²) in [6.07, 6.45) is 11.7. The Hall–Kier alpha value is -2.56. The van der Waals surface area contributed by atoms with Crippen molar-refractivity contribution in [3.63, 3.8) is 0 Å².